The van der Waals surface area contributed by atoms with Gasteiger partial charge in [0.2, 0.25) is 0 Å². The Bertz CT molecular complexity index is 629. The summed E-state index contributed by atoms with van der Waals surface area (Å²) < 4.78 is 4.27. The summed E-state index contributed by atoms with van der Waals surface area (Å²) in [5.41, 5.74) is -3.14. The lowest BCUT2D eigenvalue weighted by Gasteiger charge is -2.61. The van der Waals surface area contributed by atoms with Gasteiger partial charge in [-0.1, -0.05) is 6.92 Å². The summed E-state index contributed by atoms with van der Waals surface area (Å²) in [4.78, 5) is 40.2. The zero-order valence-electron chi connectivity index (χ0n) is 16.7. The average molecular weight is 369 g/mol. The Morgan fingerprint density at radius 2 is 1.69 bits per heavy atom. The van der Waals surface area contributed by atoms with Crippen LogP contribution in [0.4, 0.5) is 9.59 Å². The summed E-state index contributed by atoms with van der Waals surface area (Å²) in [6, 6.07) is 0. The molecule has 1 unspecified atom stereocenters. The van der Waals surface area contributed by atoms with Crippen LogP contribution in [0.3, 0.4) is 0 Å². The zero-order chi connectivity index (χ0) is 20.6. The van der Waals surface area contributed by atoms with Crippen molar-refractivity contribution >= 4 is 23.9 Å². The first kappa shape index (κ1) is 22.1. The van der Waals surface area contributed by atoms with Gasteiger partial charge in [0.15, 0.2) is 0 Å². The molecule has 2 amide bonds. The minimum atomic E-state index is -1.66. The minimum Gasteiger partial charge on any atom is -0.544 e. The number of ether oxygens (including phenoxy) is 1. The monoisotopic (exact) mass is 369 g/mol. The SMILES string of the molecule is CCC1(C(=O)[O-])CC/C(=N/C(=O)OC(C)(C)C)C[N@+]1(C(=O)[O-])C(C)(C)C. The summed E-state index contributed by atoms with van der Waals surface area (Å²) >= 11 is 0. The number of likely N-dealkylation sites (tertiary alicyclic amines) is 1. The van der Waals surface area contributed by atoms with Crippen LogP contribution in [0.5, 0.6) is 0 Å². The molecular formula is C18H29N2O6-. The second-order valence-electron chi connectivity index (χ2n) is 8.74. The van der Waals surface area contributed by atoms with E-state index in [4.69, 9.17) is 4.74 Å². The molecule has 1 fully saturated rings. The van der Waals surface area contributed by atoms with E-state index in [1.807, 2.05) is 0 Å². The van der Waals surface area contributed by atoms with Gasteiger partial charge in [-0.3, -0.25) is 4.48 Å². The molecule has 26 heavy (non-hydrogen) atoms. The highest BCUT2D eigenvalue weighted by molar-refractivity contribution is 5.96. The lowest BCUT2D eigenvalue weighted by atomic mass is 9.76. The van der Waals surface area contributed by atoms with Crippen molar-refractivity contribution in [3.8, 4) is 0 Å². The number of aliphatic imine (C=N–C) groups is 1. The number of nitrogens with zero attached hydrogens (tertiary/aromatic N) is 2. The molecule has 2 atom stereocenters. The topological polar surface area (TPSA) is 119 Å². The van der Waals surface area contributed by atoms with E-state index in [2.05, 4.69) is 4.99 Å². The zero-order valence-corrected chi connectivity index (χ0v) is 16.7. The summed E-state index contributed by atoms with van der Waals surface area (Å²) in [6.07, 6.45) is -2.14. The molecule has 1 rings (SSSR count). The molecule has 0 radical (unpaired) electrons. The van der Waals surface area contributed by atoms with Gasteiger partial charge in [0.05, 0.1) is 11.3 Å². The van der Waals surface area contributed by atoms with E-state index in [9.17, 15) is 24.6 Å². The first-order chi connectivity index (χ1) is 11.6. The largest absolute Gasteiger partial charge is 0.544 e. The van der Waals surface area contributed by atoms with Crippen LogP contribution in [-0.2, 0) is 9.53 Å². The standard InChI is InChI=1S/C18H30N2O6/c1-8-18(13(21)22)10-9-12(19-14(23)26-17(5,6)7)11-20(18,15(24)25)16(2,3)4/h8-11H2,1-7H3,(H-,21,22,24,25)/p-1/b19-12-/t18?,20-/m0/s1. The van der Waals surface area contributed by atoms with Crippen LogP contribution in [0.15, 0.2) is 4.99 Å². The molecule has 0 bridgehead atoms. The predicted octanol–water partition coefficient (Wildman–Crippen LogP) is 1.01. The van der Waals surface area contributed by atoms with Crippen molar-refractivity contribution in [3.63, 3.8) is 0 Å². The number of rotatable bonds is 2. The molecule has 1 heterocycles. The van der Waals surface area contributed by atoms with Gasteiger partial charge >= 0.3 is 6.09 Å². The number of carboxylic acids is 1. The molecule has 1 saturated heterocycles. The van der Waals surface area contributed by atoms with E-state index >= 15 is 0 Å². The van der Waals surface area contributed by atoms with Crippen LogP contribution >= 0.6 is 0 Å². The van der Waals surface area contributed by atoms with Gasteiger partial charge in [0, 0.05) is 12.8 Å². The van der Waals surface area contributed by atoms with Crippen molar-refractivity contribution in [3.05, 3.63) is 0 Å². The third kappa shape index (κ3) is 3.75. The fourth-order valence-corrected chi connectivity index (χ4v) is 3.79. The lowest BCUT2D eigenvalue weighted by Crippen LogP contribution is -2.83. The number of carbonyl (C=O) groups is 3. The van der Waals surface area contributed by atoms with Crippen LogP contribution in [0.1, 0.15) is 67.7 Å². The molecule has 0 aromatic carbocycles. The summed E-state index contributed by atoms with van der Waals surface area (Å²) in [5.74, 6) is -1.43. The van der Waals surface area contributed by atoms with E-state index in [-0.39, 0.29) is 31.5 Å². The number of carbonyl (C=O) groups excluding carboxylic acids is 3. The maximum absolute atomic E-state index is 12.3. The first-order valence-electron chi connectivity index (χ1n) is 8.73. The van der Waals surface area contributed by atoms with Crippen LogP contribution < -0.4 is 10.2 Å². The van der Waals surface area contributed by atoms with Crippen molar-refractivity contribution in [1.29, 1.82) is 0 Å². The molecule has 0 spiro atoms. The van der Waals surface area contributed by atoms with E-state index in [0.717, 1.165) is 0 Å². The van der Waals surface area contributed by atoms with Gasteiger partial charge in [-0.15, -0.1) is 0 Å². The van der Waals surface area contributed by atoms with E-state index in [0.29, 0.717) is 0 Å². The number of hydrogen-bond acceptors (Lipinski definition) is 6. The lowest BCUT2D eigenvalue weighted by molar-refractivity contribution is -0.954. The maximum Gasteiger partial charge on any atom is 0.434 e. The molecule has 1 aliphatic heterocycles. The minimum absolute atomic E-state index is 0.0152. The van der Waals surface area contributed by atoms with E-state index in [1.165, 1.54) is 0 Å². The predicted molar refractivity (Wildman–Crippen MR) is 91.2 cm³/mol. The van der Waals surface area contributed by atoms with Crippen molar-refractivity contribution in [2.45, 2.75) is 84.4 Å². The molecule has 8 nitrogen and oxygen atoms in total. The van der Waals surface area contributed by atoms with Gasteiger partial charge in [0.1, 0.15) is 23.7 Å². The summed E-state index contributed by atoms with van der Waals surface area (Å²) in [5, 5.41) is 24.3. The molecule has 148 valence electrons. The Morgan fingerprint density at radius 3 is 2.04 bits per heavy atom. The van der Waals surface area contributed by atoms with Crippen LogP contribution in [-0.4, -0.2) is 51.6 Å². The molecule has 0 saturated carbocycles. The summed E-state index contributed by atoms with van der Waals surface area (Å²) in [7, 11) is 0. The third-order valence-electron chi connectivity index (χ3n) is 5.04. The fourth-order valence-electron chi connectivity index (χ4n) is 3.79. The molecule has 0 N–H and O–H groups in total. The fraction of sp³-hybridized carbons (Fsp3) is 0.778. The number of hydrogen-bond donors (Lipinski definition) is 0. The van der Waals surface area contributed by atoms with Crippen molar-refractivity contribution < 1.29 is 33.8 Å². The third-order valence-corrected chi connectivity index (χ3v) is 5.04. The maximum atomic E-state index is 12.3. The number of carboxylic acid groups (broad SMARTS) is 2. The molecule has 0 aliphatic carbocycles. The molecule has 8 heteroatoms. The Kier molecular flexibility index (Phi) is 5.93. The highest BCUT2D eigenvalue weighted by atomic mass is 16.6. The number of piperidine rings is 1. The molecular weight excluding hydrogens is 340 g/mol. The second kappa shape index (κ2) is 6.98. The van der Waals surface area contributed by atoms with Gasteiger partial charge < -0.3 is 24.5 Å². The normalized spacial score (nSPS) is 28.7. The van der Waals surface area contributed by atoms with Crippen LogP contribution in [0.2, 0.25) is 0 Å². The quantitative estimate of drug-likeness (QED) is 0.670. The molecule has 0 aromatic rings. The summed E-state index contributed by atoms with van der Waals surface area (Å²) in [6.45, 7) is 11.3. The van der Waals surface area contributed by atoms with Crippen molar-refractivity contribution in [2.75, 3.05) is 6.54 Å². The number of aliphatic carboxylic acids is 1. The smallest absolute Gasteiger partial charge is 0.434 e. The van der Waals surface area contributed by atoms with Crippen molar-refractivity contribution in [2.24, 2.45) is 4.99 Å². The van der Waals surface area contributed by atoms with Gasteiger partial charge in [-0.2, -0.15) is 4.99 Å². The Balaban J connectivity index is 3.48. The highest BCUT2D eigenvalue weighted by Crippen LogP contribution is 2.44. The first-order valence-corrected chi connectivity index (χ1v) is 8.73. The number of quaternary nitrogens is 1. The Labute approximate surface area is 154 Å². The van der Waals surface area contributed by atoms with E-state index in [1.54, 1.807) is 48.5 Å². The molecule has 1 aliphatic rings. The van der Waals surface area contributed by atoms with Gasteiger partial charge in [-0.05, 0) is 48.0 Å². The Morgan fingerprint density at radius 1 is 1.15 bits per heavy atom. The van der Waals surface area contributed by atoms with Crippen LogP contribution in [0.25, 0.3) is 0 Å². The number of amides is 2. The Hall–Kier alpha value is -1.96. The van der Waals surface area contributed by atoms with Gasteiger partial charge in [0.25, 0.3) is 6.09 Å². The second-order valence-corrected chi connectivity index (χ2v) is 8.74. The van der Waals surface area contributed by atoms with Gasteiger partial charge in [-0.25, -0.2) is 4.79 Å². The molecule has 0 aromatic heterocycles. The van der Waals surface area contributed by atoms with Crippen molar-refractivity contribution in [1.82, 2.24) is 0 Å². The highest BCUT2D eigenvalue weighted by Gasteiger charge is 2.61. The van der Waals surface area contributed by atoms with E-state index < -0.39 is 39.3 Å². The average Bonchev–Trinajstić information content (AvgIpc) is 2.43. The van der Waals surface area contributed by atoms with Crippen LogP contribution in [0, 0.1) is 0 Å².